The number of nitrogens with one attached hydrogen (secondary N) is 1. The molecule has 0 unspecified atom stereocenters. The Bertz CT molecular complexity index is 690. The summed E-state index contributed by atoms with van der Waals surface area (Å²) < 4.78 is 5.93. The molecule has 0 bridgehead atoms. The Kier molecular flexibility index (Phi) is 3.69. The van der Waals surface area contributed by atoms with Crippen LogP contribution >= 0.6 is 11.6 Å². The van der Waals surface area contributed by atoms with Crippen molar-refractivity contribution in [1.29, 1.82) is 0 Å². The molecule has 1 atom stereocenters. The van der Waals surface area contributed by atoms with E-state index in [0.717, 1.165) is 34.8 Å². The van der Waals surface area contributed by atoms with Gasteiger partial charge in [-0.2, -0.15) is 0 Å². The fourth-order valence-electron chi connectivity index (χ4n) is 2.51. The highest BCUT2D eigenvalue weighted by Gasteiger charge is 2.26. The van der Waals surface area contributed by atoms with Crippen LogP contribution in [0.5, 0.6) is 5.75 Å². The maximum Gasteiger partial charge on any atom is 0.165 e. The number of nitrogens with zero attached hydrogens (tertiary/aromatic N) is 2. The highest BCUT2D eigenvalue weighted by molar-refractivity contribution is 6.31. The van der Waals surface area contributed by atoms with Crippen molar-refractivity contribution in [2.45, 2.75) is 19.4 Å². The summed E-state index contributed by atoms with van der Waals surface area (Å²) in [5, 5.41) is 3.69. The van der Waals surface area contributed by atoms with E-state index < -0.39 is 0 Å². The third-order valence-electron chi connectivity index (χ3n) is 3.48. The molecule has 110 valence electrons. The summed E-state index contributed by atoms with van der Waals surface area (Å²) in [6, 6.07) is 5.65. The van der Waals surface area contributed by atoms with Gasteiger partial charge in [0.1, 0.15) is 17.7 Å². The normalized spacial score (nSPS) is 16.5. The van der Waals surface area contributed by atoms with Gasteiger partial charge in [-0.05, 0) is 19.1 Å². The molecule has 1 aromatic carbocycles. The molecule has 0 radical (unpaired) electrons. The highest BCUT2D eigenvalue weighted by Crippen LogP contribution is 2.40. The Balaban J connectivity index is 2.14. The third kappa shape index (κ3) is 2.66. The van der Waals surface area contributed by atoms with E-state index >= 15 is 0 Å². The second kappa shape index (κ2) is 5.50. The van der Waals surface area contributed by atoms with E-state index in [9.17, 15) is 0 Å². The van der Waals surface area contributed by atoms with E-state index in [-0.39, 0.29) is 6.10 Å². The number of aromatic nitrogens is 2. The average molecular weight is 305 g/mol. The van der Waals surface area contributed by atoms with Gasteiger partial charge in [0.25, 0.3) is 0 Å². The molecule has 1 aliphatic heterocycles. The van der Waals surface area contributed by atoms with E-state index in [0.29, 0.717) is 17.4 Å². The summed E-state index contributed by atoms with van der Waals surface area (Å²) >= 11 is 6.22. The number of halogens is 1. The molecule has 1 aliphatic rings. The molecule has 5 nitrogen and oxygen atoms in total. The first-order valence-electron chi connectivity index (χ1n) is 6.83. The second-order valence-electron chi connectivity index (χ2n) is 5.09. The Morgan fingerprint density at radius 3 is 2.90 bits per heavy atom. The summed E-state index contributed by atoms with van der Waals surface area (Å²) in [6.45, 7) is 2.41. The number of aryl methyl sites for hydroxylation is 1. The molecule has 0 spiro atoms. The van der Waals surface area contributed by atoms with Gasteiger partial charge in [0, 0.05) is 42.4 Å². The van der Waals surface area contributed by atoms with Crippen LogP contribution in [-0.2, 0) is 6.42 Å². The van der Waals surface area contributed by atoms with Crippen LogP contribution in [0.3, 0.4) is 0 Å². The van der Waals surface area contributed by atoms with Crippen molar-refractivity contribution in [2.24, 2.45) is 5.73 Å². The number of anilines is 1. The summed E-state index contributed by atoms with van der Waals surface area (Å²) in [7, 11) is 1.83. The van der Waals surface area contributed by atoms with Crippen LogP contribution < -0.4 is 15.8 Å². The summed E-state index contributed by atoms with van der Waals surface area (Å²) in [6.07, 6.45) is 0.759. The number of hydrogen-bond donors (Lipinski definition) is 2. The lowest BCUT2D eigenvalue weighted by molar-refractivity contribution is 0.242. The van der Waals surface area contributed by atoms with E-state index in [1.54, 1.807) is 0 Å². The van der Waals surface area contributed by atoms with Crippen LogP contribution in [0.25, 0.3) is 11.4 Å². The number of benzene rings is 1. The molecule has 0 saturated heterocycles. The molecular weight excluding hydrogens is 288 g/mol. The van der Waals surface area contributed by atoms with Crippen molar-refractivity contribution >= 4 is 17.4 Å². The number of fused-ring (bicyclic) bond motifs is 1. The zero-order chi connectivity index (χ0) is 15.0. The van der Waals surface area contributed by atoms with Crippen LogP contribution in [0.15, 0.2) is 18.2 Å². The van der Waals surface area contributed by atoms with Gasteiger partial charge in [0.05, 0.1) is 5.56 Å². The van der Waals surface area contributed by atoms with Crippen molar-refractivity contribution in [3.05, 3.63) is 34.5 Å². The lowest BCUT2D eigenvalue weighted by Gasteiger charge is -2.11. The second-order valence-corrected chi connectivity index (χ2v) is 5.53. The van der Waals surface area contributed by atoms with Gasteiger partial charge in [-0.15, -0.1) is 0 Å². The zero-order valence-corrected chi connectivity index (χ0v) is 12.7. The molecule has 3 N–H and O–H groups in total. The fraction of sp³-hybridized carbons (Fsp3) is 0.333. The number of rotatable bonds is 3. The van der Waals surface area contributed by atoms with Gasteiger partial charge >= 0.3 is 0 Å². The van der Waals surface area contributed by atoms with Gasteiger partial charge in [-0.3, -0.25) is 0 Å². The lowest BCUT2D eigenvalue weighted by Crippen LogP contribution is -2.24. The SMILES string of the molecule is CNc1cc(C)nc(-c2cc(Cl)cc3c2O[C@@H](CN)C3)n1. The van der Waals surface area contributed by atoms with Gasteiger partial charge in [0.2, 0.25) is 0 Å². The summed E-state index contributed by atoms with van der Waals surface area (Å²) in [5.41, 5.74) is 8.46. The smallest absolute Gasteiger partial charge is 0.165 e. The number of hydrogen-bond acceptors (Lipinski definition) is 5. The standard InChI is InChI=1S/C15H17ClN4O/c1-8-3-13(18-2)20-15(19-8)12-6-10(16)4-9-5-11(7-17)21-14(9)12/h3-4,6,11H,5,7,17H2,1-2H3,(H,18,19,20)/t11-/m1/s1. The van der Waals surface area contributed by atoms with E-state index in [2.05, 4.69) is 15.3 Å². The molecule has 3 rings (SSSR count). The van der Waals surface area contributed by atoms with Gasteiger partial charge in [0.15, 0.2) is 5.82 Å². The fourth-order valence-corrected chi connectivity index (χ4v) is 2.75. The van der Waals surface area contributed by atoms with Crippen molar-refractivity contribution in [1.82, 2.24) is 9.97 Å². The van der Waals surface area contributed by atoms with Crippen LogP contribution in [-0.4, -0.2) is 29.7 Å². The molecule has 6 heteroatoms. The predicted octanol–water partition coefficient (Wildman–Crippen LogP) is 2.41. The van der Waals surface area contributed by atoms with Gasteiger partial charge < -0.3 is 15.8 Å². The topological polar surface area (TPSA) is 73.1 Å². The average Bonchev–Trinajstić information content (AvgIpc) is 2.88. The van der Waals surface area contributed by atoms with Crippen molar-refractivity contribution in [3.63, 3.8) is 0 Å². The minimum atomic E-state index is -0.00852. The lowest BCUT2D eigenvalue weighted by atomic mass is 10.1. The maximum absolute atomic E-state index is 6.22. The van der Waals surface area contributed by atoms with Crippen molar-refractivity contribution in [3.8, 4) is 17.1 Å². The highest BCUT2D eigenvalue weighted by atomic mass is 35.5. The molecule has 0 saturated carbocycles. The quantitative estimate of drug-likeness (QED) is 0.911. The van der Waals surface area contributed by atoms with Crippen LogP contribution in [0.2, 0.25) is 5.02 Å². The largest absolute Gasteiger partial charge is 0.488 e. The van der Waals surface area contributed by atoms with E-state index in [1.165, 1.54) is 0 Å². The van der Waals surface area contributed by atoms with E-state index in [4.69, 9.17) is 22.1 Å². The first-order valence-corrected chi connectivity index (χ1v) is 7.21. The maximum atomic E-state index is 6.22. The zero-order valence-electron chi connectivity index (χ0n) is 12.0. The monoisotopic (exact) mass is 304 g/mol. The Hall–Kier alpha value is -1.85. The van der Waals surface area contributed by atoms with Crippen LogP contribution in [0, 0.1) is 6.92 Å². The van der Waals surface area contributed by atoms with Crippen LogP contribution in [0.4, 0.5) is 5.82 Å². The summed E-state index contributed by atoms with van der Waals surface area (Å²) in [4.78, 5) is 9.00. The number of ether oxygens (including phenoxy) is 1. The molecular formula is C15H17ClN4O. The molecule has 0 fully saturated rings. The van der Waals surface area contributed by atoms with Gasteiger partial charge in [-0.1, -0.05) is 11.6 Å². The molecule has 0 amide bonds. The Morgan fingerprint density at radius 2 is 2.19 bits per heavy atom. The minimum absolute atomic E-state index is 0.00852. The Labute approximate surface area is 128 Å². The first kappa shape index (κ1) is 14.1. The Morgan fingerprint density at radius 1 is 1.38 bits per heavy atom. The molecule has 1 aromatic heterocycles. The van der Waals surface area contributed by atoms with Crippen LogP contribution in [0.1, 0.15) is 11.3 Å². The molecule has 2 aromatic rings. The molecule has 0 aliphatic carbocycles. The van der Waals surface area contributed by atoms with Crippen molar-refractivity contribution < 1.29 is 4.74 Å². The first-order chi connectivity index (χ1) is 10.1. The third-order valence-corrected chi connectivity index (χ3v) is 3.70. The summed E-state index contributed by atoms with van der Waals surface area (Å²) in [5.74, 6) is 2.16. The van der Waals surface area contributed by atoms with Crippen molar-refractivity contribution in [2.75, 3.05) is 18.9 Å². The molecule has 2 heterocycles. The molecule has 21 heavy (non-hydrogen) atoms. The van der Waals surface area contributed by atoms with Gasteiger partial charge in [-0.25, -0.2) is 9.97 Å². The van der Waals surface area contributed by atoms with E-state index in [1.807, 2.05) is 32.2 Å². The predicted molar refractivity (Wildman–Crippen MR) is 83.9 cm³/mol. The minimum Gasteiger partial charge on any atom is -0.488 e. The number of nitrogens with two attached hydrogens (primary N) is 1.